The summed E-state index contributed by atoms with van der Waals surface area (Å²) in [4.78, 5) is 35.1. The molecule has 2 aliphatic rings. The fourth-order valence-corrected chi connectivity index (χ4v) is 4.19. The predicted octanol–water partition coefficient (Wildman–Crippen LogP) is 2.37. The highest BCUT2D eigenvalue weighted by Gasteiger charge is 2.31. The summed E-state index contributed by atoms with van der Waals surface area (Å²) in [5.74, 6) is 0.974. The second-order valence-corrected chi connectivity index (χ2v) is 8.17. The van der Waals surface area contributed by atoms with E-state index in [1.54, 1.807) is 0 Å². The van der Waals surface area contributed by atoms with Gasteiger partial charge in [-0.05, 0) is 64.7 Å². The zero-order valence-corrected chi connectivity index (χ0v) is 16.4. The van der Waals surface area contributed by atoms with Gasteiger partial charge in [-0.2, -0.15) is 0 Å². The SMILES string of the molecule is CC(C)Nc1ncc(C(N)=O)c(CC2CCC(C(=O)N3CCCC3)CC2)n1. The van der Waals surface area contributed by atoms with Crippen LogP contribution in [0.1, 0.15) is 68.4 Å². The van der Waals surface area contributed by atoms with Crippen molar-refractivity contribution < 1.29 is 9.59 Å². The Morgan fingerprint density at radius 2 is 1.89 bits per heavy atom. The molecule has 2 fully saturated rings. The lowest BCUT2D eigenvalue weighted by Gasteiger charge is -2.30. The van der Waals surface area contributed by atoms with E-state index in [-0.39, 0.29) is 12.0 Å². The summed E-state index contributed by atoms with van der Waals surface area (Å²) < 4.78 is 0. The molecule has 148 valence electrons. The monoisotopic (exact) mass is 373 g/mol. The Balaban J connectivity index is 1.62. The lowest BCUT2D eigenvalue weighted by molar-refractivity contribution is -0.135. The largest absolute Gasteiger partial charge is 0.365 e. The van der Waals surface area contributed by atoms with E-state index in [0.717, 1.165) is 57.3 Å². The van der Waals surface area contributed by atoms with Crippen molar-refractivity contribution in [2.24, 2.45) is 17.6 Å². The zero-order valence-electron chi connectivity index (χ0n) is 16.4. The van der Waals surface area contributed by atoms with Crippen molar-refractivity contribution in [2.45, 2.75) is 64.8 Å². The maximum atomic E-state index is 12.6. The predicted molar refractivity (Wildman–Crippen MR) is 104 cm³/mol. The van der Waals surface area contributed by atoms with E-state index in [1.807, 2.05) is 18.7 Å². The Morgan fingerprint density at radius 1 is 1.22 bits per heavy atom. The third-order valence-corrected chi connectivity index (χ3v) is 5.65. The second kappa shape index (κ2) is 8.67. The summed E-state index contributed by atoms with van der Waals surface area (Å²) in [6.07, 6.45) is 8.33. The van der Waals surface area contributed by atoms with Gasteiger partial charge in [0.15, 0.2) is 0 Å². The fraction of sp³-hybridized carbons (Fsp3) is 0.700. The molecule has 2 amide bonds. The molecule has 1 aromatic rings. The minimum absolute atomic E-state index is 0.165. The molecule has 0 bridgehead atoms. The highest BCUT2D eigenvalue weighted by molar-refractivity contribution is 5.93. The number of carbonyl (C=O) groups is 2. The van der Waals surface area contributed by atoms with E-state index >= 15 is 0 Å². The molecule has 1 aliphatic carbocycles. The minimum atomic E-state index is -0.487. The fourth-order valence-electron chi connectivity index (χ4n) is 4.19. The number of carbonyl (C=O) groups excluding carboxylic acids is 2. The molecule has 1 saturated carbocycles. The number of amides is 2. The summed E-state index contributed by atoms with van der Waals surface area (Å²) in [6, 6.07) is 0.212. The first-order valence-electron chi connectivity index (χ1n) is 10.1. The van der Waals surface area contributed by atoms with Gasteiger partial charge in [0, 0.05) is 31.2 Å². The molecule has 1 aliphatic heterocycles. The summed E-state index contributed by atoms with van der Waals surface area (Å²) in [5, 5.41) is 3.18. The van der Waals surface area contributed by atoms with Gasteiger partial charge in [-0.1, -0.05) is 0 Å². The number of hydrogen-bond acceptors (Lipinski definition) is 5. The Kier molecular flexibility index (Phi) is 6.29. The van der Waals surface area contributed by atoms with Crippen LogP contribution in [0.5, 0.6) is 0 Å². The van der Waals surface area contributed by atoms with Gasteiger partial charge in [0.2, 0.25) is 11.9 Å². The van der Waals surface area contributed by atoms with Crippen LogP contribution >= 0.6 is 0 Å². The second-order valence-electron chi connectivity index (χ2n) is 8.17. The first-order valence-corrected chi connectivity index (χ1v) is 10.1. The quantitative estimate of drug-likeness (QED) is 0.797. The van der Waals surface area contributed by atoms with Crippen molar-refractivity contribution in [1.29, 1.82) is 0 Å². The van der Waals surface area contributed by atoms with Gasteiger partial charge in [0.25, 0.3) is 5.91 Å². The standard InChI is InChI=1S/C20H31N5O2/c1-13(2)23-20-22-12-16(18(21)26)17(24-20)11-14-5-7-15(8-6-14)19(27)25-9-3-4-10-25/h12-15H,3-11H2,1-2H3,(H2,21,26)(H,22,23,24). The molecule has 7 heteroatoms. The zero-order chi connectivity index (χ0) is 19.4. The number of nitrogens with zero attached hydrogens (tertiary/aromatic N) is 3. The summed E-state index contributed by atoms with van der Waals surface area (Å²) in [5.41, 5.74) is 6.63. The van der Waals surface area contributed by atoms with Crippen molar-refractivity contribution >= 4 is 17.8 Å². The van der Waals surface area contributed by atoms with Crippen LogP contribution in [0.3, 0.4) is 0 Å². The average molecular weight is 374 g/mol. The Labute approximate surface area is 161 Å². The lowest BCUT2D eigenvalue weighted by atomic mass is 9.79. The molecule has 1 saturated heterocycles. The molecule has 0 unspecified atom stereocenters. The molecule has 3 N–H and O–H groups in total. The van der Waals surface area contributed by atoms with E-state index in [9.17, 15) is 9.59 Å². The number of primary amides is 1. The van der Waals surface area contributed by atoms with Crippen molar-refractivity contribution in [1.82, 2.24) is 14.9 Å². The van der Waals surface area contributed by atoms with Gasteiger partial charge >= 0.3 is 0 Å². The Bertz CT molecular complexity index is 677. The summed E-state index contributed by atoms with van der Waals surface area (Å²) in [7, 11) is 0. The third-order valence-electron chi connectivity index (χ3n) is 5.65. The first-order chi connectivity index (χ1) is 12.9. The van der Waals surface area contributed by atoms with Crippen LogP contribution in [0.4, 0.5) is 5.95 Å². The van der Waals surface area contributed by atoms with Crippen LogP contribution < -0.4 is 11.1 Å². The van der Waals surface area contributed by atoms with Crippen LogP contribution in [0, 0.1) is 11.8 Å². The molecule has 1 aromatic heterocycles. The van der Waals surface area contributed by atoms with Crippen molar-refractivity contribution in [3.63, 3.8) is 0 Å². The summed E-state index contributed by atoms with van der Waals surface area (Å²) in [6.45, 7) is 5.88. The molecule has 0 spiro atoms. The molecule has 0 atom stereocenters. The van der Waals surface area contributed by atoms with Gasteiger partial charge in [-0.25, -0.2) is 9.97 Å². The lowest BCUT2D eigenvalue weighted by Crippen LogP contribution is -2.36. The average Bonchev–Trinajstić information content (AvgIpc) is 3.16. The number of hydrogen-bond donors (Lipinski definition) is 2. The number of rotatable bonds is 6. The topological polar surface area (TPSA) is 101 Å². The van der Waals surface area contributed by atoms with E-state index in [0.29, 0.717) is 29.8 Å². The maximum Gasteiger partial charge on any atom is 0.252 e. The molecule has 2 heterocycles. The molecular formula is C20H31N5O2. The minimum Gasteiger partial charge on any atom is -0.365 e. The van der Waals surface area contributed by atoms with Crippen molar-refractivity contribution in [3.8, 4) is 0 Å². The molecule has 0 radical (unpaired) electrons. The molecule has 27 heavy (non-hydrogen) atoms. The van der Waals surface area contributed by atoms with E-state index in [4.69, 9.17) is 5.73 Å². The van der Waals surface area contributed by atoms with Crippen LogP contribution in [-0.2, 0) is 11.2 Å². The number of nitrogens with one attached hydrogen (secondary N) is 1. The number of anilines is 1. The van der Waals surface area contributed by atoms with Crippen molar-refractivity contribution in [2.75, 3.05) is 18.4 Å². The van der Waals surface area contributed by atoms with Gasteiger partial charge in [-0.15, -0.1) is 0 Å². The third kappa shape index (κ3) is 4.96. The van der Waals surface area contributed by atoms with Crippen LogP contribution in [0.15, 0.2) is 6.20 Å². The van der Waals surface area contributed by atoms with E-state index in [2.05, 4.69) is 15.3 Å². The van der Waals surface area contributed by atoms with Gasteiger partial charge < -0.3 is 16.0 Å². The number of likely N-dealkylation sites (tertiary alicyclic amines) is 1. The van der Waals surface area contributed by atoms with Crippen LogP contribution in [0.25, 0.3) is 0 Å². The van der Waals surface area contributed by atoms with Crippen LogP contribution in [-0.4, -0.2) is 45.8 Å². The van der Waals surface area contributed by atoms with Crippen molar-refractivity contribution in [3.05, 3.63) is 17.5 Å². The molecule has 0 aromatic carbocycles. The molecular weight excluding hydrogens is 342 g/mol. The number of nitrogens with two attached hydrogens (primary N) is 1. The highest BCUT2D eigenvalue weighted by atomic mass is 16.2. The maximum absolute atomic E-state index is 12.6. The van der Waals surface area contributed by atoms with E-state index < -0.39 is 5.91 Å². The Morgan fingerprint density at radius 3 is 2.48 bits per heavy atom. The Hall–Kier alpha value is -2.18. The van der Waals surface area contributed by atoms with E-state index in [1.165, 1.54) is 6.20 Å². The normalized spacial score (nSPS) is 22.9. The highest BCUT2D eigenvalue weighted by Crippen LogP contribution is 2.33. The first kappa shape index (κ1) is 19.6. The van der Waals surface area contributed by atoms with Gasteiger partial charge in [0.1, 0.15) is 0 Å². The van der Waals surface area contributed by atoms with Crippen LogP contribution in [0.2, 0.25) is 0 Å². The van der Waals surface area contributed by atoms with Gasteiger partial charge in [-0.3, -0.25) is 9.59 Å². The smallest absolute Gasteiger partial charge is 0.252 e. The van der Waals surface area contributed by atoms with Gasteiger partial charge in [0.05, 0.1) is 11.3 Å². The summed E-state index contributed by atoms with van der Waals surface area (Å²) >= 11 is 0. The molecule has 7 nitrogen and oxygen atoms in total. The molecule has 3 rings (SSSR count). The number of aromatic nitrogens is 2.